The normalized spacial score (nSPS) is 11.8. The van der Waals surface area contributed by atoms with Gasteiger partial charge in [-0.25, -0.2) is 0 Å². The summed E-state index contributed by atoms with van der Waals surface area (Å²) in [5.74, 6) is 0.0391. The first-order valence-corrected chi connectivity index (χ1v) is 12.1. The van der Waals surface area contributed by atoms with E-state index in [1.807, 2.05) is 79.7 Å². The second-order valence-corrected chi connectivity index (χ2v) is 9.53. The van der Waals surface area contributed by atoms with Gasteiger partial charge in [0.15, 0.2) is 0 Å². The Bertz CT molecular complexity index is 1080. The first-order valence-electron chi connectivity index (χ1n) is 11.7. The molecule has 0 aliphatic carbocycles. The minimum Gasteiger partial charge on any atom is -0.354 e. The second-order valence-electron chi connectivity index (χ2n) is 9.12. The van der Waals surface area contributed by atoms with Gasteiger partial charge >= 0.3 is 0 Å². The molecule has 34 heavy (non-hydrogen) atoms. The molecular formula is C29H33ClN2O2. The molecule has 1 atom stereocenters. The largest absolute Gasteiger partial charge is 0.354 e. The van der Waals surface area contributed by atoms with Gasteiger partial charge in [0.25, 0.3) is 0 Å². The van der Waals surface area contributed by atoms with Crippen LogP contribution in [0.3, 0.4) is 0 Å². The summed E-state index contributed by atoms with van der Waals surface area (Å²) in [6.07, 6.45) is 0.569. The van der Waals surface area contributed by atoms with Crippen molar-refractivity contribution in [3.8, 4) is 0 Å². The molecule has 0 saturated heterocycles. The van der Waals surface area contributed by atoms with Crippen LogP contribution in [0.2, 0.25) is 5.02 Å². The molecule has 0 spiro atoms. The Hall–Kier alpha value is -3.11. The summed E-state index contributed by atoms with van der Waals surface area (Å²) in [4.78, 5) is 28.8. The van der Waals surface area contributed by atoms with Gasteiger partial charge in [-0.15, -0.1) is 0 Å². The number of nitrogens with zero attached hydrogens (tertiary/aromatic N) is 1. The number of carbonyl (C=O) groups is 2. The Morgan fingerprint density at radius 2 is 1.53 bits per heavy atom. The SMILES string of the molecule is Cc1ccc(CN(C(=O)Cc2ccccc2Cl)[C@H](Cc2ccccc2)C(=O)NCC(C)C)cc1. The van der Waals surface area contributed by atoms with Crippen LogP contribution in [0.4, 0.5) is 0 Å². The molecule has 0 unspecified atom stereocenters. The van der Waals surface area contributed by atoms with E-state index < -0.39 is 6.04 Å². The van der Waals surface area contributed by atoms with Crippen molar-refractivity contribution < 1.29 is 9.59 Å². The minimum atomic E-state index is -0.641. The number of hydrogen-bond acceptors (Lipinski definition) is 2. The van der Waals surface area contributed by atoms with E-state index in [4.69, 9.17) is 11.6 Å². The zero-order chi connectivity index (χ0) is 24.5. The fourth-order valence-corrected chi connectivity index (χ4v) is 3.98. The molecule has 3 aromatic rings. The highest BCUT2D eigenvalue weighted by atomic mass is 35.5. The maximum atomic E-state index is 13.7. The molecule has 0 aliphatic rings. The number of nitrogens with one attached hydrogen (secondary N) is 1. The summed E-state index contributed by atoms with van der Waals surface area (Å²) in [7, 11) is 0. The van der Waals surface area contributed by atoms with Crippen LogP contribution in [0.25, 0.3) is 0 Å². The summed E-state index contributed by atoms with van der Waals surface area (Å²) < 4.78 is 0. The third-order valence-electron chi connectivity index (χ3n) is 5.73. The molecule has 0 bridgehead atoms. The van der Waals surface area contributed by atoms with E-state index in [9.17, 15) is 9.59 Å². The van der Waals surface area contributed by atoms with E-state index in [0.717, 1.165) is 22.3 Å². The van der Waals surface area contributed by atoms with E-state index in [1.165, 1.54) is 0 Å². The first kappa shape index (κ1) is 25.5. The molecule has 0 fully saturated rings. The molecular weight excluding hydrogens is 444 g/mol. The van der Waals surface area contributed by atoms with Crippen LogP contribution >= 0.6 is 11.6 Å². The maximum Gasteiger partial charge on any atom is 0.243 e. The number of benzene rings is 3. The summed E-state index contributed by atoms with van der Waals surface area (Å²) in [6, 6.07) is 24.6. The average molecular weight is 477 g/mol. The van der Waals surface area contributed by atoms with Crippen molar-refractivity contribution in [3.05, 3.63) is 106 Å². The molecule has 0 aliphatic heterocycles. The molecule has 0 heterocycles. The monoisotopic (exact) mass is 476 g/mol. The van der Waals surface area contributed by atoms with Crippen molar-refractivity contribution in [2.45, 2.75) is 46.2 Å². The lowest BCUT2D eigenvalue weighted by molar-refractivity contribution is -0.140. The molecule has 3 rings (SSSR count). The van der Waals surface area contributed by atoms with Gasteiger partial charge in [0, 0.05) is 24.5 Å². The van der Waals surface area contributed by atoms with Crippen LogP contribution in [0.5, 0.6) is 0 Å². The lowest BCUT2D eigenvalue weighted by Crippen LogP contribution is -2.51. The van der Waals surface area contributed by atoms with Crippen molar-refractivity contribution in [1.82, 2.24) is 10.2 Å². The fraction of sp³-hybridized carbons (Fsp3) is 0.310. The Balaban J connectivity index is 1.96. The zero-order valence-electron chi connectivity index (χ0n) is 20.1. The summed E-state index contributed by atoms with van der Waals surface area (Å²) in [5.41, 5.74) is 3.89. The number of hydrogen-bond donors (Lipinski definition) is 1. The molecule has 0 radical (unpaired) electrons. The van der Waals surface area contributed by atoms with Crippen molar-refractivity contribution in [3.63, 3.8) is 0 Å². The summed E-state index contributed by atoms with van der Waals surface area (Å²) in [5, 5.41) is 3.60. The van der Waals surface area contributed by atoms with Crippen LogP contribution < -0.4 is 5.32 Å². The van der Waals surface area contributed by atoms with Crippen LogP contribution in [-0.4, -0.2) is 29.3 Å². The predicted octanol–water partition coefficient (Wildman–Crippen LogP) is 5.60. The van der Waals surface area contributed by atoms with Gasteiger partial charge in [-0.1, -0.05) is 104 Å². The van der Waals surface area contributed by atoms with Gasteiger partial charge < -0.3 is 10.2 Å². The van der Waals surface area contributed by atoms with E-state index in [2.05, 4.69) is 19.2 Å². The van der Waals surface area contributed by atoms with Crippen molar-refractivity contribution in [2.24, 2.45) is 5.92 Å². The second kappa shape index (κ2) is 12.4. The highest BCUT2D eigenvalue weighted by Crippen LogP contribution is 2.20. The molecule has 5 heteroatoms. The van der Waals surface area contributed by atoms with E-state index in [1.54, 1.807) is 11.0 Å². The Labute approximate surface area is 207 Å². The lowest BCUT2D eigenvalue weighted by atomic mass is 10.0. The minimum absolute atomic E-state index is 0.130. The molecule has 0 aromatic heterocycles. The van der Waals surface area contributed by atoms with Gasteiger partial charge in [-0.05, 0) is 35.6 Å². The third-order valence-corrected chi connectivity index (χ3v) is 6.10. The molecule has 3 aromatic carbocycles. The molecule has 4 nitrogen and oxygen atoms in total. The van der Waals surface area contributed by atoms with Crippen LogP contribution in [0.15, 0.2) is 78.9 Å². The highest BCUT2D eigenvalue weighted by molar-refractivity contribution is 6.31. The van der Waals surface area contributed by atoms with E-state index >= 15 is 0 Å². The molecule has 178 valence electrons. The van der Waals surface area contributed by atoms with Gasteiger partial charge in [-0.3, -0.25) is 9.59 Å². The van der Waals surface area contributed by atoms with E-state index in [0.29, 0.717) is 30.5 Å². The standard InChI is InChI=1S/C29H33ClN2O2/c1-21(2)19-31-29(34)27(17-23-9-5-4-6-10-23)32(20-24-15-13-22(3)14-16-24)28(33)18-25-11-7-8-12-26(25)30/h4-16,21,27H,17-20H2,1-3H3,(H,31,34)/t27-/m1/s1. The van der Waals surface area contributed by atoms with Gasteiger partial charge in [0.1, 0.15) is 6.04 Å². The van der Waals surface area contributed by atoms with Crippen molar-refractivity contribution in [2.75, 3.05) is 6.54 Å². The Morgan fingerprint density at radius 3 is 2.18 bits per heavy atom. The van der Waals surface area contributed by atoms with Crippen LogP contribution in [0.1, 0.15) is 36.1 Å². The molecule has 0 saturated carbocycles. The van der Waals surface area contributed by atoms with Crippen LogP contribution in [0, 0.1) is 12.8 Å². The Morgan fingerprint density at radius 1 is 0.882 bits per heavy atom. The topological polar surface area (TPSA) is 49.4 Å². The van der Waals surface area contributed by atoms with Crippen molar-refractivity contribution >= 4 is 23.4 Å². The maximum absolute atomic E-state index is 13.7. The third kappa shape index (κ3) is 7.46. The summed E-state index contributed by atoms with van der Waals surface area (Å²) >= 11 is 6.36. The van der Waals surface area contributed by atoms with Gasteiger partial charge in [0.05, 0.1) is 6.42 Å². The average Bonchev–Trinajstić information content (AvgIpc) is 2.83. The number of halogens is 1. The first-order chi connectivity index (χ1) is 16.3. The predicted molar refractivity (Wildman–Crippen MR) is 139 cm³/mol. The zero-order valence-corrected chi connectivity index (χ0v) is 20.9. The number of aryl methyl sites for hydroxylation is 1. The van der Waals surface area contributed by atoms with E-state index in [-0.39, 0.29) is 18.2 Å². The van der Waals surface area contributed by atoms with Crippen LogP contribution in [-0.2, 0) is 29.0 Å². The molecule has 1 N–H and O–H groups in total. The lowest BCUT2D eigenvalue weighted by Gasteiger charge is -2.32. The fourth-order valence-electron chi connectivity index (χ4n) is 3.77. The number of carbonyl (C=O) groups excluding carboxylic acids is 2. The number of rotatable bonds is 10. The summed E-state index contributed by atoms with van der Waals surface area (Å²) in [6.45, 7) is 7.04. The van der Waals surface area contributed by atoms with Gasteiger partial charge in [-0.2, -0.15) is 0 Å². The molecule has 2 amide bonds. The highest BCUT2D eigenvalue weighted by Gasteiger charge is 2.30. The Kier molecular flexibility index (Phi) is 9.29. The number of amides is 2. The van der Waals surface area contributed by atoms with Gasteiger partial charge in [0.2, 0.25) is 11.8 Å². The van der Waals surface area contributed by atoms with Crippen molar-refractivity contribution in [1.29, 1.82) is 0 Å². The quantitative estimate of drug-likeness (QED) is 0.414. The smallest absolute Gasteiger partial charge is 0.243 e.